The van der Waals surface area contributed by atoms with Crippen LogP contribution in [0, 0.1) is 0 Å². The van der Waals surface area contributed by atoms with Gasteiger partial charge >= 0.3 is 0 Å². The van der Waals surface area contributed by atoms with Gasteiger partial charge in [0.15, 0.2) is 10.2 Å². The average molecular weight is 641 g/mol. The number of benzene rings is 4. The summed E-state index contributed by atoms with van der Waals surface area (Å²) >= 11 is 11.0. The van der Waals surface area contributed by atoms with E-state index in [4.69, 9.17) is 24.4 Å². The molecule has 0 unspecified atom stereocenters. The molecule has 224 valence electrons. The molecule has 44 heavy (non-hydrogen) atoms. The Morgan fingerprint density at radius 1 is 0.682 bits per heavy atom. The summed E-state index contributed by atoms with van der Waals surface area (Å²) in [4.78, 5) is 11.4. The van der Waals surface area contributed by atoms with E-state index in [0.29, 0.717) is 33.6 Å². The lowest BCUT2D eigenvalue weighted by molar-refractivity contribution is -0.114. The number of hydrogen-bond acceptors (Lipinski definition) is 5. The van der Waals surface area contributed by atoms with E-state index in [0.717, 1.165) is 5.56 Å². The molecule has 1 amide bonds. The van der Waals surface area contributed by atoms with Crippen LogP contribution in [0.5, 0.6) is 0 Å². The number of amides is 1. The van der Waals surface area contributed by atoms with E-state index in [2.05, 4.69) is 110 Å². The molecule has 4 aromatic carbocycles. The van der Waals surface area contributed by atoms with Crippen molar-refractivity contribution in [3.8, 4) is 0 Å². The number of carbonyl (C=O) groups is 1. The maximum absolute atomic E-state index is 11.4. The number of anilines is 1. The van der Waals surface area contributed by atoms with Gasteiger partial charge in [-0.2, -0.15) is 10.2 Å². The topological polar surface area (TPSA) is 102 Å². The molecule has 0 aliphatic heterocycles. The first-order chi connectivity index (χ1) is 21.3. The molecule has 0 saturated heterocycles. The van der Waals surface area contributed by atoms with E-state index in [-0.39, 0.29) is 5.91 Å². The van der Waals surface area contributed by atoms with Crippen LogP contribution >= 0.6 is 31.7 Å². The van der Waals surface area contributed by atoms with Gasteiger partial charge in [0.2, 0.25) is 5.91 Å². The summed E-state index contributed by atoms with van der Waals surface area (Å²) in [6.07, 6.45) is 0.592. The number of hydrazone groups is 2. The molecule has 0 aromatic heterocycles. The monoisotopic (exact) mass is 640 g/mol. The smallest absolute Gasteiger partial charge is 0.221 e. The van der Waals surface area contributed by atoms with E-state index in [1.54, 1.807) is 19.2 Å². The summed E-state index contributed by atoms with van der Waals surface area (Å²) in [5.74, 6) is -0.145. The van der Waals surface area contributed by atoms with Gasteiger partial charge in [-0.25, -0.2) is 0 Å². The van der Waals surface area contributed by atoms with Gasteiger partial charge in [-0.1, -0.05) is 66.7 Å². The molecule has 0 atom stereocenters. The first-order valence-corrected chi connectivity index (χ1v) is 16.7. The molecule has 11 heteroatoms. The number of thiocarbonyl (C=S) groups is 2. The lowest BCUT2D eigenvalue weighted by atomic mass is 10.1. The SMILES string of the molecule is CNC(=S)NN=C(C(C)=NNC(=S)NC[P+](c1ccccc1)(c1ccccc1)c1ccccc1)c1ccc(NC(C)=O)cc1. The van der Waals surface area contributed by atoms with Crippen LogP contribution in [0.3, 0.4) is 0 Å². The number of hydrogen-bond donors (Lipinski definition) is 5. The second kappa shape index (κ2) is 15.8. The second-order valence-electron chi connectivity index (χ2n) is 9.70. The molecule has 0 radical (unpaired) electrons. The molecule has 0 aliphatic rings. The zero-order valence-corrected chi connectivity index (χ0v) is 27.3. The lowest BCUT2D eigenvalue weighted by Crippen LogP contribution is -2.42. The van der Waals surface area contributed by atoms with E-state index >= 15 is 0 Å². The Balaban J connectivity index is 1.60. The van der Waals surface area contributed by atoms with Crippen LogP contribution in [0.4, 0.5) is 5.69 Å². The van der Waals surface area contributed by atoms with Gasteiger partial charge in [-0.05, 0) is 79.9 Å². The van der Waals surface area contributed by atoms with Crippen molar-refractivity contribution < 1.29 is 4.79 Å². The van der Waals surface area contributed by atoms with E-state index in [1.165, 1.54) is 22.8 Å². The summed E-state index contributed by atoms with van der Waals surface area (Å²) in [5.41, 5.74) is 8.42. The first kappa shape index (κ1) is 32.4. The molecule has 4 aromatic rings. The van der Waals surface area contributed by atoms with Crippen LogP contribution in [0.1, 0.15) is 19.4 Å². The lowest BCUT2D eigenvalue weighted by Gasteiger charge is -2.28. The largest absolute Gasteiger partial charge is 0.364 e. The fourth-order valence-electron chi connectivity index (χ4n) is 4.62. The predicted molar refractivity (Wildman–Crippen MR) is 194 cm³/mol. The minimum Gasteiger partial charge on any atom is -0.364 e. The standard InChI is InChI=1S/C33H34N7OPS2/c1-24(31(38-39-32(43)34-3)26-19-21-27(22-20-26)36-25(2)41)37-40-33(44)35-23-42(28-13-7-4-8-14-28,29-15-9-5-10-16-29)30-17-11-6-12-18-30/h4-22H,23H2,1-3H3,(H4-,34,35,36,37,38,39,40,41,43,44)/p+1. The van der Waals surface area contributed by atoms with Crippen molar-refractivity contribution in [2.45, 2.75) is 13.8 Å². The number of nitrogens with one attached hydrogen (secondary N) is 5. The second-order valence-corrected chi connectivity index (χ2v) is 14.0. The quantitative estimate of drug-likeness (QED) is 0.0766. The summed E-state index contributed by atoms with van der Waals surface area (Å²) in [5, 5.41) is 22.6. The minimum atomic E-state index is -2.13. The van der Waals surface area contributed by atoms with Gasteiger partial charge < -0.3 is 16.0 Å². The third kappa shape index (κ3) is 8.32. The predicted octanol–water partition coefficient (Wildman–Crippen LogP) is 4.23. The van der Waals surface area contributed by atoms with Crippen molar-refractivity contribution in [2.75, 3.05) is 18.7 Å². The highest BCUT2D eigenvalue weighted by Gasteiger charge is 2.45. The van der Waals surface area contributed by atoms with Crippen LogP contribution in [0.2, 0.25) is 0 Å². The molecule has 8 nitrogen and oxygen atoms in total. The van der Waals surface area contributed by atoms with Crippen molar-refractivity contribution in [1.82, 2.24) is 21.5 Å². The van der Waals surface area contributed by atoms with E-state index in [1.807, 2.05) is 37.3 Å². The maximum Gasteiger partial charge on any atom is 0.221 e. The number of nitrogens with zero attached hydrogens (tertiary/aromatic N) is 2. The fraction of sp³-hybridized carbons (Fsp3) is 0.121. The van der Waals surface area contributed by atoms with Crippen molar-refractivity contribution in [3.05, 3.63) is 121 Å². The highest BCUT2D eigenvalue weighted by Crippen LogP contribution is 2.54. The van der Waals surface area contributed by atoms with E-state index < -0.39 is 7.26 Å². The number of carbonyl (C=O) groups excluding carboxylic acids is 1. The van der Waals surface area contributed by atoms with Crippen LogP contribution in [0.25, 0.3) is 0 Å². The first-order valence-electron chi connectivity index (χ1n) is 13.9. The van der Waals surface area contributed by atoms with Crippen molar-refractivity contribution >= 4 is 80.9 Å². The molecular formula is C33H35N7OPS2+. The third-order valence-corrected chi connectivity index (χ3v) is 11.4. The fourth-order valence-corrected chi connectivity index (χ4v) is 8.77. The summed E-state index contributed by atoms with van der Waals surface area (Å²) in [6, 6.07) is 39.0. The normalized spacial score (nSPS) is 11.7. The van der Waals surface area contributed by atoms with Gasteiger partial charge in [0, 0.05) is 25.2 Å². The summed E-state index contributed by atoms with van der Waals surface area (Å²) in [7, 11) is -0.423. The highest BCUT2D eigenvalue weighted by molar-refractivity contribution is 7.95. The Labute approximate surface area is 269 Å². The van der Waals surface area contributed by atoms with Gasteiger partial charge in [-0.3, -0.25) is 15.6 Å². The molecule has 5 N–H and O–H groups in total. The van der Waals surface area contributed by atoms with E-state index in [9.17, 15) is 4.79 Å². The van der Waals surface area contributed by atoms with Crippen LogP contribution in [0.15, 0.2) is 125 Å². The Morgan fingerprint density at radius 3 is 1.61 bits per heavy atom. The average Bonchev–Trinajstić information content (AvgIpc) is 3.06. The van der Waals surface area contributed by atoms with Crippen LogP contribution < -0.4 is 42.7 Å². The number of rotatable bonds is 10. The molecule has 0 bridgehead atoms. The molecule has 0 spiro atoms. The minimum absolute atomic E-state index is 0.145. The Kier molecular flexibility index (Phi) is 11.7. The molecule has 0 heterocycles. The molecular weight excluding hydrogens is 606 g/mol. The summed E-state index contributed by atoms with van der Waals surface area (Å²) in [6.45, 7) is 3.30. The van der Waals surface area contributed by atoms with Crippen molar-refractivity contribution in [1.29, 1.82) is 0 Å². The molecule has 0 saturated carbocycles. The zero-order chi connectivity index (χ0) is 31.4. The van der Waals surface area contributed by atoms with Crippen LogP contribution in [-0.4, -0.2) is 40.9 Å². The molecule has 0 aliphatic carbocycles. The Hall–Kier alpha value is -4.50. The molecule has 4 rings (SSSR count). The highest BCUT2D eigenvalue weighted by atomic mass is 32.1. The Morgan fingerprint density at radius 2 is 1.16 bits per heavy atom. The van der Waals surface area contributed by atoms with Crippen molar-refractivity contribution in [3.63, 3.8) is 0 Å². The zero-order valence-electron chi connectivity index (χ0n) is 24.7. The van der Waals surface area contributed by atoms with Crippen molar-refractivity contribution in [2.24, 2.45) is 10.2 Å². The van der Waals surface area contributed by atoms with Crippen LogP contribution in [-0.2, 0) is 4.79 Å². The Bertz CT molecular complexity index is 1530. The van der Waals surface area contributed by atoms with Gasteiger partial charge in [-0.15, -0.1) is 0 Å². The van der Waals surface area contributed by atoms with Gasteiger partial charge in [0.25, 0.3) is 0 Å². The van der Waals surface area contributed by atoms with Gasteiger partial charge in [0.1, 0.15) is 35.2 Å². The van der Waals surface area contributed by atoms with Gasteiger partial charge in [0.05, 0.1) is 5.71 Å². The summed E-state index contributed by atoms with van der Waals surface area (Å²) < 4.78 is 0. The third-order valence-electron chi connectivity index (χ3n) is 6.71. The molecule has 0 fully saturated rings. The maximum atomic E-state index is 11.4.